The molecule has 2 N–H and O–H groups in total. The number of hydrogen-bond acceptors (Lipinski definition) is 2. The minimum absolute atomic E-state index is 0.460. The van der Waals surface area contributed by atoms with Gasteiger partial charge in [-0.25, -0.2) is 0 Å². The summed E-state index contributed by atoms with van der Waals surface area (Å²) in [6.45, 7) is 3.51. The molecule has 0 spiro atoms. The maximum absolute atomic E-state index is 6.16. The Labute approximate surface area is 81.5 Å². The molecule has 2 heterocycles. The van der Waals surface area contributed by atoms with Crippen LogP contribution in [-0.4, -0.2) is 30.6 Å². The summed E-state index contributed by atoms with van der Waals surface area (Å²) in [7, 11) is 2.27. The zero-order valence-corrected chi connectivity index (χ0v) is 8.87. The number of hydrogen-bond donors (Lipinski definition) is 1. The molecule has 76 valence electrons. The summed E-state index contributed by atoms with van der Waals surface area (Å²) in [5.41, 5.74) is 6.16. The van der Waals surface area contributed by atoms with Crippen LogP contribution < -0.4 is 5.73 Å². The van der Waals surface area contributed by atoms with Gasteiger partial charge in [-0.05, 0) is 44.6 Å². The van der Waals surface area contributed by atoms with Crippen LogP contribution in [0.15, 0.2) is 0 Å². The second-order valence-electron chi connectivity index (χ2n) is 4.90. The van der Waals surface area contributed by atoms with Gasteiger partial charge in [0.15, 0.2) is 0 Å². The normalized spacial score (nSPS) is 42.2. The summed E-state index contributed by atoms with van der Waals surface area (Å²) >= 11 is 0. The Balaban J connectivity index is 2.02. The summed E-state index contributed by atoms with van der Waals surface area (Å²) in [6.07, 6.45) is 5.34. The summed E-state index contributed by atoms with van der Waals surface area (Å²) in [5, 5.41) is 0. The molecule has 4 unspecified atom stereocenters. The Hall–Kier alpha value is -0.0800. The van der Waals surface area contributed by atoms with Crippen molar-refractivity contribution in [3.05, 3.63) is 0 Å². The third-order valence-electron chi connectivity index (χ3n) is 4.19. The largest absolute Gasteiger partial charge is 0.327 e. The van der Waals surface area contributed by atoms with E-state index in [4.69, 9.17) is 5.73 Å². The second-order valence-corrected chi connectivity index (χ2v) is 4.90. The van der Waals surface area contributed by atoms with E-state index in [-0.39, 0.29) is 0 Å². The van der Waals surface area contributed by atoms with Gasteiger partial charge in [0.1, 0.15) is 0 Å². The topological polar surface area (TPSA) is 29.3 Å². The van der Waals surface area contributed by atoms with Crippen LogP contribution in [0.5, 0.6) is 0 Å². The van der Waals surface area contributed by atoms with Crippen LogP contribution in [0.2, 0.25) is 0 Å². The van der Waals surface area contributed by atoms with E-state index in [1.54, 1.807) is 0 Å². The van der Waals surface area contributed by atoms with Crippen molar-refractivity contribution in [3.8, 4) is 0 Å². The molecular formula is C11H22N2. The lowest BCUT2D eigenvalue weighted by molar-refractivity contribution is 0.0122. The van der Waals surface area contributed by atoms with Gasteiger partial charge in [-0.1, -0.05) is 6.92 Å². The van der Waals surface area contributed by atoms with Crippen molar-refractivity contribution < 1.29 is 0 Å². The van der Waals surface area contributed by atoms with E-state index in [0.29, 0.717) is 6.04 Å². The molecule has 3 fully saturated rings. The molecular weight excluding hydrogens is 160 g/mol. The van der Waals surface area contributed by atoms with Crippen LogP contribution in [-0.2, 0) is 0 Å². The van der Waals surface area contributed by atoms with E-state index in [9.17, 15) is 0 Å². The summed E-state index contributed by atoms with van der Waals surface area (Å²) in [5.74, 6) is 1.71. The Morgan fingerprint density at radius 2 is 2.23 bits per heavy atom. The fourth-order valence-electron chi connectivity index (χ4n) is 3.22. The molecule has 2 aliphatic heterocycles. The van der Waals surface area contributed by atoms with Gasteiger partial charge in [0.25, 0.3) is 0 Å². The average Bonchev–Trinajstić information content (AvgIpc) is 2.17. The lowest BCUT2D eigenvalue weighted by Gasteiger charge is -2.50. The minimum atomic E-state index is 0.460. The molecule has 2 nitrogen and oxygen atoms in total. The van der Waals surface area contributed by atoms with E-state index < -0.39 is 0 Å². The smallest absolute Gasteiger partial charge is 0.00957 e. The van der Waals surface area contributed by atoms with Crippen LogP contribution in [0.4, 0.5) is 0 Å². The highest BCUT2D eigenvalue weighted by molar-refractivity contribution is 4.95. The number of rotatable bonds is 2. The number of nitrogens with two attached hydrogens (primary N) is 1. The van der Waals surface area contributed by atoms with E-state index in [0.717, 1.165) is 24.3 Å². The molecule has 0 radical (unpaired) electrons. The number of nitrogens with zero attached hydrogens (tertiary/aromatic N) is 1. The van der Waals surface area contributed by atoms with Crippen molar-refractivity contribution in [2.24, 2.45) is 17.6 Å². The molecule has 2 bridgehead atoms. The molecule has 0 aromatic heterocycles. The first-order valence-corrected chi connectivity index (χ1v) is 5.68. The monoisotopic (exact) mass is 182 g/mol. The number of fused-ring (bicyclic) bond motifs is 3. The average molecular weight is 182 g/mol. The Morgan fingerprint density at radius 1 is 1.46 bits per heavy atom. The van der Waals surface area contributed by atoms with Crippen LogP contribution in [0.1, 0.15) is 32.6 Å². The van der Waals surface area contributed by atoms with Crippen molar-refractivity contribution in [2.45, 2.75) is 44.7 Å². The van der Waals surface area contributed by atoms with E-state index in [1.165, 1.54) is 25.8 Å². The minimum Gasteiger partial charge on any atom is -0.327 e. The fourth-order valence-corrected chi connectivity index (χ4v) is 3.22. The fraction of sp³-hybridized carbons (Fsp3) is 1.00. The molecule has 2 saturated heterocycles. The summed E-state index contributed by atoms with van der Waals surface area (Å²) < 4.78 is 0. The first-order chi connectivity index (χ1) is 6.22. The number of piperidine rings is 2. The third-order valence-corrected chi connectivity index (χ3v) is 4.19. The second kappa shape index (κ2) is 3.58. The van der Waals surface area contributed by atoms with Crippen molar-refractivity contribution in [3.63, 3.8) is 0 Å². The maximum atomic E-state index is 6.16. The van der Waals surface area contributed by atoms with Crippen LogP contribution in [0.3, 0.4) is 0 Å². The van der Waals surface area contributed by atoms with Crippen molar-refractivity contribution in [1.82, 2.24) is 4.90 Å². The molecule has 0 aromatic carbocycles. The zero-order valence-electron chi connectivity index (χ0n) is 8.87. The Kier molecular flexibility index (Phi) is 2.61. The quantitative estimate of drug-likeness (QED) is 0.700. The first-order valence-electron chi connectivity index (χ1n) is 5.68. The van der Waals surface area contributed by atoms with Gasteiger partial charge >= 0.3 is 0 Å². The molecule has 1 aliphatic carbocycles. The molecule has 3 rings (SSSR count). The van der Waals surface area contributed by atoms with Crippen molar-refractivity contribution >= 4 is 0 Å². The Bertz CT molecular complexity index is 181. The van der Waals surface area contributed by atoms with Crippen LogP contribution >= 0.6 is 0 Å². The van der Waals surface area contributed by atoms with Gasteiger partial charge < -0.3 is 10.6 Å². The molecule has 4 atom stereocenters. The van der Waals surface area contributed by atoms with Crippen LogP contribution in [0, 0.1) is 11.8 Å². The van der Waals surface area contributed by atoms with Gasteiger partial charge in [-0.3, -0.25) is 0 Å². The highest BCUT2D eigenvalue weighted by Crippen LogP contribution is 2.40. The van der Waals surface area contributed by atoms with Crippen molar-refractivity contribution in [2.75, 3.05) is 13.6 Å². The predicted octanol–water partition coefficient (Wildman–Crippen LogP) is 1.45. The Morgan fingerprint density at radius 3 is 2.69 bits per heavy atom. The van der Waals surface area contributed by atoms with Gasteiger partial charge in [0.05, 0.1) is 0 Å². The highest BCUT2D eigenvalue weighted by atomic mass is 15.2. The standard InChI is InChI=1S/C11H22N2/c1-3-11(12)10-6-9-5-4-8(10)7-13(9)2/h8-11H,3-7,12H2,1-2H3. The van der Waals surface area contributed by atoms with E-state index >= 15 is 0 Å². The maximum Gasteiger partial charge on any atom is 0.00957 e. The molecule has 0 amide bonds. The predicted molar refractivity (Wildman–Crippen MR) is 55.5 cm³/mol. The zero-order chi connectivity index (χ0) is 9.42. The van der Waals surface area contributed by atoms with Gasteiger partial charge in [-0.15, -0.1) is 0 Å². The van der Waals surface area contributed by atoms with Gasteiger partial charge in [0, 0.05) is 18.6 Å². The lowest BCUT2D eigenvalue weighted by Crippen LogP contribution is -2.54. The first kappa shape index (κ1) is 9.47. The summed E-state index contributed by atoms with van der Waals surface area (Å²) in [6, 6.07) is 1.30. The van der Waals surface area contributed by atoms with E-state index in [1.807, 2.05) is 0 Å². The molecule has 1 saturated carbocycles. The SMILES string of the molecule is CCC(N)C1CC2CCC1CN2C. The van der Waals surface area contributed by atoms with Crippen LogP contribution in [0.25, 0.3) is 0 Å². The lowest BCUT2D eigenvalue weighted by atomic mass is 9.69. The van der Waals surface area contributed by atoms with Crippen molar-refractivity contribution in [1.29, 1.82) is 0 Å². The third kappa shape index (κ3) is 1.62. The highest BCUT2D eigenvalue weighted by Gasteiger charge is 2.40. The molecule has 2 heteroatoms. The molecule has 13 heavy (non-hydrogen) atoms. The summed E-state index contributed by atoms with van der Waals surface area (Å²) in [4.78, 5) is 2.53. The van der Waals surface area contributed by atoms with E-state index in [2.05, 4.69) is 18.9 Å². The molecule has 0 aromatic rings. The van der Waals surface area contributed by atoms with Gasteiger partial charge in [-0.2, -0.15) is 0 Å². The van der Waals surface area contributed by atoms with Gasteiger partial charge in [0.2, 0.25) is 0 Å². The molecule has 3 aliphatic rings.